The average Bonchev–Trinajstić information content (AvgIpc) is 2.67. The van der Waals surface area contributed by atoms with Gasteiger partial charge in [-0.2, -0.15) is 0 Å². The van der Waals surface area contributed by atoms with Gasteiger partial charge in [0.15, 0.2) is 0 Å². The number of aromatic nitrogens is 2. The molecule has 5 nitrogen and oxygen atoms in total. The zero-order chi connectivity index (χ0) is 19.6. The number of anilines is 1. The van der Waals surface area contributed by atoms with E-state index in [1.165, 1.54) is 0 Å². The second-order valence-corrected chi connectivity index (χ2v) is 8.09. The molecule has 1 atom stereocenters. The van der Waals surface area contributed by atoms with Crippen LogP contribution in [0.1, 0.15) is 38.3 Å². The van der Waals surface area contributed by atoms with Crippen LogP contribution in [0, 0.1) is 5.92 Å². The molecular weight excluding hydrogens is 360 g/mol. The summed E-state index contributed by atoms with van der Waals surface area (Å²) in [6.45, 7) is 5.44. The molecule has 27 heavy (non-hydrogen) atoms. The molecule has 1 aromatic heterocycles. The largest absolute Gasteiger partial charge is 0.347 e. The third-order valence-corrected chi connectivity index (χ3v) is 5.19. The van der Waals surface area contributed by atoms with Gasteiger partial charge in [-0.05, 0) is 30.5 Å². The summed E-state index contributed by atoms with van der Waals surface area (Å²) in [6.07, 6.45) is 3.88. The van der Waals surface area contributed by atoms with E-state index < -0.39 is 0 Å². The molecule has 6 heteroatoms. The maximum atomic E-state index is 12.5. The van der Waals surface area contributed by atoms with E-state index in [9.17, 15) is 4.79 Å². The predicted molar refractivity (Wildman–Crippen MR) is 110 cm³/mol. The first-order chi connectivity index (χ1) is 12.9. The minimum atomic E-state index is 0.0129. The summed E-state index contributed by atoms with van der Waals surface area (Å²) in [4.78, 5) is 25.8. The molecule has 144 valence electrons. The molecule has 2 aromatic rings. The van der Waals surface area contributed by atoms with Gasteiger partial charge in [0.1, 0.15) is 0 Å². The van der Waals surface area contributed by atoms with E-state index in [2.05, 4.69) is 4.98 Å². The number of nitrogens with zero attached hydrogens (tertiary/aromatic N) is 4. The summed E-state index contributed by atoms with van der Waals surface area (Å²) in [5.41, 5.74) is 3.00. The molecule has 2 heterocycles. The summed E-state index contributed by atoms with van der Waals surface area (Å²) < 4.78 is 0. The molecule has 1 aliphatic rings. The van der Waals surface area contributed by atoms with Crippen LogP contribution < -0.4 is 4.90 Å². The van der Waals surface area contributed by atoms with E-state index in [-0.39, 0.29) is 17.7 Å². The quantitative estimate of drug-likeness (QED) is 0.789. The molecule has 0 N–H and O–H groups in total. The lowest BCUT2D eigenvalue weighted by molar-refractivity contribution is -0.135. The third-order valence-electron chi connectivity index (χ3n) is 4.95. The van der Waals surface area contributed by atoms with Crippen LogP contribution in [0.4, 0.5) is 5.95 Å². The van der Waals surface area contributed by atoms with Crippen LogP contribution in [-0.2, 0) is 4.79 Å². The number of carbonyl (C=O) groups is 1. The first kappa shape index (κ1) is 19.6. The van der Waals surface area contributed by atoms with Gasteiger partial charge in [0.2, 0.25) is 11.9 Å². The Morgan fingerprint density at radius 3 is 2.78 bits per heavy atom. The fourth-order valence-corrected chi connectivity index (χ4v) is 3.75. The fraction of sp³-hybridized carbons (Fsp3) is 0.476. The van der Waals surface area contributed by atoms with Crippen molar-refractivity contribution in [2.24, 2.45) is 5.92 Å². The van der Waals surface area contributed by atoms with Crippen molar-refractivity contribution in [2.75, 3.05) is 32.1 Å². The van der Waals surface area contributed by atoms with Crippen LogP contribution >= 0.6 is 11.6 Å². The first-order valence-electron chi connectivity index (χ1n) is 9.45. The van der Waals surface area contributed by atoms with Gasteiger partial charge in [0.05, 0.1) is 5.69 Å². The van der Waals surface area contributed by atoms with Crippen molar-refractivity contribution in [1.82, 2.24) is 14.9 Å². The number of halogens is 1. The van der Waals surface area contributed by atoms with Crippen LogP contribution in [0.5, 0.6) is 0 Å². The molecule has 0 radical (unpaired) electrons. The Morgan fingerprint density at radius 1 is 1.33 bits per heavy atom. The lowest BCUT2D eigenvalue weighted by Crippen LogP contribution is -2.41. The average molecular weight is 387 g/mol. The van der Waals surface area contributed by atoms with E-state index in [1.54, 1.807) is 0 Å². The van der Waals surface area contributed by atoms with Crippen molar-refractivity contribution in [2.45, 2.75) is 32.6 Å². The molecule has 1 saturated heterocycles. The zero-order valence-corrected chi connectivity index (χ0v) is 17.2. The lowest BCUT2D eigenvalue weighted by atomic mass is 9.89. The Labute approximate surface area is 166 Å². The molecule has 3 rings (SSSR count). The van der Waals surface area contributed by atoms with Gasteiger partial charge in [-0.15, -0.1) is 0 Å². The second-order valence-electron chi connectivity index (χ2n) is 7.65. The summed E-state index contributed by atoms with van der Waals surface area (Å²) >= 11 is 6.21. The van der Waals surface area contributed by atoms with Crippen molar-refractivity contribution >= 4 is 23.5 Å². The second kappa shape index (κ2) is 8.26. The Kier molecular flexibility index (Phi) is 6.00. The maximum Gasteiger partial charge on any atom is 0.225 e. The van der Waals surface area contributed by atoms with Crippen LogP contribution in [-0.4, -0.2) is 48.0 Å². The minimum Gasteiger partial charge on any atom is -0.347 e. The van der Waals surface area contributed by atoms with Crippen molar-refractivity contribution in [1.29, 1.82) is 0 Å². The van der Waals surface area contributed by atoms with Crippen molar-refractivity contribution < 1.29 is 4.79 Å². The Bertz CT molecular complexity index is 822. The number of amides is 1. The highest BCUT2D eigenvalue weighted by Gasteiger charge is 2.29. The molecule has 0 bridgehead atoms. The summed E-state index contributed by atoms with van der Waals surface area (Å²) in [7, 11) is 3.88. The summed E-state index contributed by atoms with van der Waals surface area (Å²) in [6, 6.07) is 7.78. The van der Waals surface area contributed by atoms with E-state index >= 15 is 0 Å². The lowest BCUT2D eigenvalue weighted by Gasteiger charge is -2.34. The van der Waals surface area contributed by atoms with Crippen molar-refractivity contribution in [3.8, 4) is 11.1 Å². The maximum absolute atomic E-state index is 12.5. The summed E-state index contributed by atoms with van der Waals surface area (Å²) in [5, 5.41) is 0.690. The number of rotatable bonds is 4. The van der Waals surface area contributed by atoms with Gasteiger partial charge < -0.3 is 9.80 Å². The van der Waals surface area contributed by atoms with Gasteiger partial charge >= 0.3 is 0 Å². The summed E-state index contributed by atoms with van der Waals surface area (Å²) in [5.74, 6) is 1.10. The fourth-order valence-electron chi connectivity index (χ4n) is 3.56. The molecule has 0 aliphatic carbocycles. The van der Waals surface area contributed by atoms with E-state index in [0.717, 1.165) is 36.2 Å². The monoisotopic (exact) mass is 386 g/mol. The number of carbonyl (C=O) groups excluding carboxylic acids is 1. The van der Waals surface area contributed by atoms with Gasteiger partial charge in [-0.1, -0.05) is 37.6 Å². The molecule has 1 fully saturated rings. The molecule has 0 saturated carbocycles. The van der Waals surface area contributed by atoms with Gasteiger partial charge in [-0.25, -0.2) is 9.97 Å². The van der Waals surface area contributed by atoms with Crippen LogP contribution in [0.2, 0.25) is 5.02 Å². The molecule has 1 aromatic carbocycles. The molecule has 1 amide bonds. The topological polar surface area (TPSA) is 49.3 Å². The van der Waals surface area contributed by atoms with Crippen molar-refractivity contribution in [3.05, 3.63) is 41.2 Å². The van der Waals surface area contributed by atoms with Crippen LogP contribution in [0.3, 0.4) is 0 Å². The highest BCUT2D eigenvalue weighted by molar-refractivity contribution is 6.30. The first-order valence-corrected chi connectivity index (χ1v) is 9.83. The Balaban J connectivity index is 2.01. The van der Waals surface area contributed by atoms with Gasteiger partial charge in [0.25, 0.3) is 0 Å². The molecule has 0 spiro atoms. The molecule has 0 unspecified atom stereocenters. The standard InChI is InChI=1S/C21H27ClN4O/c1-14(2)20(27)26-10-6-8-16(13-26)19-18(12-23-21(24-19)25(3)4)15-7-5-9-17(22)11-15/h5,7,9,11-12,14,16H,6,8,10,13H2,1-4H3/t16-/m1/s1. The number of piperidine rings is 1. The normalized spacial score (nSPS) is 17.3. The molecular formula is C21H27ClN4O. The number of likely N-dealkylation sites (tertiary alicyclic amines) is 1. The highest BCUT2D eigenvalue weighted by Crippen LogP contribution is 2.35. The Hall–Kier alpha value is -2.14. The zero-order valence-electron chi connectivity index (χ0n) is 16.4. The third kappa shape index (κ3) is 4.41. The predicted octanol–water partition coefficient (Wildman–Crippen LogP) is 4.23. The smallest absolute Gasteiger partial charge is 0.225 e. The highest BCUT2D eigenvalue weighted by atomic mass is 35.5. The van der Waals surface area contributed by atoms with Gasteiger partial charge in [-0.3, -0.25) is 4.79 Å². The Morgan fingerprint density at radius 2 is 2.11 bits per heavy atom. The minimum absolute atomic E-state index is 0.0129. The van der Waals surface area contributed by atoms with Crippen molar-refractivity contribution in [3.63, 3.8) is 0 Å². The van der Waals surface area contributed by atoms with E-state index in [4.69, 9.17) is 16.6 Å². The van der Waals surface area contributed by atoms with Gasteiger partial charge in [0, 0.05) is 55.8 Å². The van der Waals surface area contributed by atoms with Crippen LogP contribution in [0.25, 0.3) is 11.1 Å². The number of hydrogen-bond acceptors (Lipinski definition) is 4. The van der Waals surface area contributed by atoms with Crippen LogP contribution in [0.15, 0.2) is 30.5 Å². The number of hydrogen-bond donors (Lipinski definition) is 0. The molecule has 1 aliphatic heterocycles. The van der Waals surface area contributed by atoms with E-state index in [0.29, 0.717) is 17.5 Å². The SMILES string of the molecule is CC(C)C(=O)N1CCC[C@@H](c2nc(N(C)C)ncc2-c2cccc(Cl)c2)C1. The number of benzene rings is 1. The van der Waals surface area contributed by atoms with E-state index in [1.807, 2.05) is 68.2 Å².